The summed E-state index contributed by atoms with van der Waals surface area (Å²) in [5, 5.41) is 0. The Hall–Kier alpha value is -1.55. The van der Waals surface area contributed by atoms with Gasteiger partial charge in [-0.25, -0.2) is 0 Å². The molecule has 94 valence electrons. The predicted molar refractivity (Wildman–Crippen MR) is 68.4 cm³/mol. The van der Waals surface area contributed by atoms with E-state index in [0.29, 0.717) is 13.0 Å². The van der Waals surface area contributed by atoms with Gasteiger partial charge < -0.3 is 10.5 Å². The number of nitrogens with two attached hydrogens (primary N) is 1. The van der Waals surface area contributed by atoms with Crippen molar-refractivity contribution in [3.63, 3.8) is 0 Å². The summed E-state index contributed by atoms with van der Waals surface area (Å²) in [5.74, 6) is -0.176. The van der Waals surface area contributed by atoms with Gasteiger partial charge >= 0.3 is 5.97 Å². The molecule has 0 amide bonds. The molecule has 0 saturated heterocycles. The number of hydrogen-bond donors (Lipinski definition) is 1. The monoisotopic (exact) mass is 236 g/mol. The number of ether oxygens (including phenoxy) is 1. The highest BCUT2D eigenvalue weighted by Gasteiger charge is 2.08. The van der Waals surface area contributed by atoms with Gasteiger partial charge in [-0.05, 0) is 18.2 Å². The molecule has 0 aliphatic carbocycles. The molecular formula is C13H20N2O2. The Labute approximate surface area is 102 Å². The van der Waals surface area contributed by atoms with Gasteiger partial charge in [0, 0.05) is 18.8 Å². The molecule has 0 bridgehead atoms. The van der Waals surface area contributed by atoms with Crippen LogP contribution >= 0.6 is 0 Å². The van der Waals surface area contributed by atoms with Crippen molar-refractivity contribution < 1.29 is 9.53 Å². The third kappa shape index (κ3) is 4.44. The molecule has 17 heavy (non-hydrogen) atoms. The van der Waals surface area contributed by atoms with E-state index in [1.54, 1.807) is 0 Å². The molecule has 0 radical (unpaired) electrons. The number of carbonyl (C=O) groups excluding carboxylic acids is 1. The lowest BCUT2D eigenvalue weighted by atomic mass is 10.1. The summed E-state index contributed by atoms with van der Waals surface area (Å²) in [6, 6.07) is 7.79. The molecule has 0 aliphatic rings. The maximum absolute atomic E-state index is 11.1. The highest BCUT2D eigenvalue weighted by molar-refractivity contribution is 5.69. The highest BCUT2D eigenvalue weighted by Crippen LogP contribution is 2.13. The zero-order chi connectivity index (χ0) is 12.7. The van der Waals surface area contributed by atoms with E-state index in [2.05, 4.69) is 16.6 Å². The largest absolute Gasteiger partial charge is 0.469 e. The average molecular weight is 236 g/mol. The molecule has 4 heteroatoms. The summed E-state index contributed by atoms with van der Waals surface area (Å²) in [7, 11) is 1.41. The van der Waals surface area contributed by atoms with Gasteiger partial charge in [-0.3, -0.25) is 9.69 Å². The van der Waals surface area contributed by atoms with Crippen LogP contribution in [0.5, 0.6) is 0 Å². The normalized spacial score (nSPS) is 10.5. The Bertz CT molecular complexity index is 366. The second-order valence-electron chi connectivity index (χ2n) is 3.89. The smallest absolute Gasteiger partial charge is 0.306 e. The van der Waals surface area contributed by atoms with Crippen molar-refractivity contribution in [2.75, 3.05) is 25.9 Å². The van der Waals surface area contributed by atoms with Crippen LogP contribution in [-0.4, -0.2) is 31.1 Å². The SMILES string of the molecule is CCN(CCC(=O)OC)Cc1ccccc1N. The molecule has 1 aromatic rings. The summed E-state index contributed by atoms with van der Waals surface area (Å²) < 4.78 is 4.63. The van der Waals surface area contributed by atoms with E-state index in [9.17, 15) is 4.79 Å². The molecule has 1 rings (SSSR count). The van der Waals surface area contributed by atoms with E-state index in [-0.39, 0.29) is 5.97 Å². The number of para-hydroxylation sites is 1. The number of carbonyl (C=O) groups is 1. The Morgan fingerprint density at radius 3 is 2.71 bits per heavy atom. The van der Waals surface area contributed by atoms with Crippen LogP contribution in [0.1, 0.15) is 18.9 Å². The third-order valence-corrected chi connectivity index (χ3v) is 2.76. The van der Waals surface area contributed by atoms with Crippen LogP contribution in [-0.2, 0) is 16.1 Å². The topological polar surface area (TPSA) is 55.6 Å². The van der Waals surface area contributed by atoms with E-state index >= 15 is 0 Å². The number of esters is 1. The molecule has 2 N–H and O–H groups in total. The van der Waals surface area contributed by atoms with E-state index in [1.807, 2.05) is 24.3 Å². The lowest BCUT2D eigenvalue weighted by Crippen LogP contribution is -2.26. The van der Waals surface area contributed by atoms with Crippen molar-refractivity contribution in [1.82, 2.24) is 4.90 Å². The van der Waals surface area contributed by atoms with E-state index in [1.165, 1.54) is 7.11 Å². The molecule has 4 nitrogen and oxygen atoms in total. The van der Waals surface area contributed by atoms with Gasteiger partial charge in [-0.15, -0.1) is 0 Å². The molecule has 0 aromatic heterocycles. The lowest BCUT2D eigenvalue weighted by Gasteiger charge is -2.20. The number of benzene rings is 1. The van der Waals surface area contributed by atoms with Crippen LogP contribution in [0.4, 0.5) is 5.69 Å². The molecule has 1 aromatic carbocycles. The van der Waals surface area contributed by atoms with Crippen molar-refractivity contribution in [3.05, 3.63) is 29.8 Å². The molecular weight excluding hydrogens is 216 g/mol. The average Bonchev–Trinajstić information content (AvgIpc) is 2.36. The molecule has 0 heterocycles. The van der Waals surface area contributed by atoms with E-state index < -0.39 is 0 Å². The summed E-state index contributed by atoms with van der Waals surface area (Å²) in [4.78, 5) is 13.2. The van der Waals surface area contributed by atoms with E-state index in [4.69, 9.17) is 5.73 Å². The van der Waals surface area contributed by atoms with Crippen LogP contribution in [0.2, 0.25) is 0 Å². The molecule has 0 aliphatic heterocycles. The van der Waals surface area contributed by atoms with Crippen molar-refractivity contribution in [1.29, 1.82) is 0 Å². The number of hydrogen-bond acceptors (Lipinski definition) is 4. The second-order valence-corrected chi connectivity index (χ2v) is 3.89. The molecule has 0 saturated carbocycles. The zero-order valence-electron chi connectivity index (χ0n) is 10.5. The van der Waals surface area contributed by atoms with Gasteiger partial charge in [-0.2, -0.15) is 0 Å². The molecule has 0 spiro atoms. The van der Waals surface area contributed by atoms with Gasteiger partial charge in [0.2, 0.25) is 0 Å². The van der Waals surface area contributed by atoms with Gasteiger partial charge in [-0.1, -0.05) is 25.1 Å². The number of methoxy groups -OCH3 is 1. The molecule has 0 fully saturated rings. The van der Waals surface area contributed by atoms with Gasteiger partial charge in [0.05, 0.1) is 13.5 Å². The fourth-order valence-electron chi connectivity index (χ4n) is 1.62. The Kier molecular flexibility index (Phi) is 5.49. The van der Waals surface area contributed by atoms with Crippen molar-refractivity contribution in [3.8, 4) is 0 Å². The first kappa shape index (κ1) is 13.5. The number of anilines is 1. The lowest BCUT2D eigenvalue weighted by molar-refractivity contribution is -0.141. The van der Waals surface area contributed by atoms with Crippen molar-refractivity contribution >= 4 is 11.7 Å². The number of nitrogen functional groups attached to an aromatic ring is 1. The first-order chi connectivity index (χ1) is 8.17. The Morgan fingerprint density at radius 2 is 2.12 bits per heavy atom. The van der Waals surface area contributed by atoms with Crippen LogP contribution in [0.15, 0.2) is 24.3 Å². The summed E-state index contributed by atoms with van der Waals surface area (Å²) >= 11 is 0. The van der Waals surface area contributed by atoms with Crippen LogP contribution in [0.3, 0.4) is 0 Å². The van der Waals surface area contributed by atoms with Gasteiger partial charge in [0.15, 0.2) is 0 Å². The predicted octanol–water partition coefficient (Wildman–Crippen LogP) is 1.65. The highest BCUT2D eigenvalue weighted by atomic mass is 16.5. The third-order valence-electron chi connectivity index (χ3n) is 2.76. The van der Waals surface area contributed by atoms with Crippen molar-refractivity contribution in [2.24, 2.45) is 0 Å². The first-order valence-electron chi connectivity index (χ1n) is 5.80. The quantitative estimate of drug-likeness (QED) is 0.603. The van der Waals surface area contributed by atoms with Crippen LogP contribution < -0.4 is 5.73 Å². The summed E-state index contributed by atoms with van der Waals surface area (Å²) in [5.41, 5.74) is 7.78. The fraction of sp³-hybridized carbons (Fsp3) is 0.462. The Morgan fingerprint density at radius 1 is 1.41 bits per heavy atom. The number of nitrogens with zero attached hydrogens (tertiary/aromatic N) is 1. The molecule has 0 atom stereocenters. The fourth-order valence-corrected chi connectivity index (χ4v) is 1.62. The van der Waals surface area contributed by atoms with Gasteiger partial charge in [0.25, 0.3) is 0 Å². The second kappa shape index (κ2) is 6.91. The first-order valence-corrected chi connectivity index (χ1v) is 5.80. The van der Waals surface area contributed by atoms with Crippen LogP contribution in [0.25, 0.3) is 0 Å². The minimum absolute atomic E-state index is 0.176. The summed E-state index contributed by atoms with van der Waals surface area (Å²) in [6.07, 6.45) is 0.414. The number of rotatable bonds is 6. The maximum atomic E-state index is 11.1. The standard InChI is InChI=1S/C13H20N2O2/c1-3-15(9-8-13(16)17-2)10-11-6-4-5-7-12(11)14/h4-7H,3,8-10,14H2,1-2H3. The summed E-state index contributed by atoms with van der Waals surface area (Å²) in [6.45, 7) is 4.40. The van der Waals surface area contributed by atoms with E-state index in [0.717, 1.165) is 24.3 Å². The van der Waals surface area contributed by atoms with Gasteiger partial charge in [0.1, 0.15) is 0 Å². The van der Waals surface area contributed by atoms with Crippen molar-refractivity contribution in [2.45, 2.75) is 19.9 Å². The zero-order valence-corrected chi connectivity index (χ0v) is 10.5. The maximum Gasteiger partial charge on any atom is 0.306 e. The Balaban J connectivity index is 2.52. The van der Waals surface area contributed by atoms with Crippen LogP contribution in [0, 0.1) is 0 Å². The minimum Gasteiger partial charge on any atom is -0.469 e. The molecule has 0 unspecified atom stereocenters. The minimum atomic E-state index is -0.176.